The lowest BCUT2D eigenvalue weighted by molar-refractivity contribution is -0.145. The molecular formula is C28H32ClF3N2O. The van der Waals surface area contributed by atoms with Gasteiger partial charge >= 0.3 is 6.18 Å². The summed E-state index contributed by atoms with van der Waals surface area (Å²) < 4.78 is 39.8. The topological polar surface area (TPSA) is 32.3 Å². The molecule has 1 fully saturated rings. The number of aryl methyl sites for hydroxylation is 1. The highest BCUT2D eigenvalue weighted by molar-refractivity contribution is 6.30. The third-order valence-corrected chi connectivity index (χ3v) is 8.77. The SMILES string of the molecule is CC(C)[C@]1(C(=O)N2CCc3ccc(C(F)(F)F)cc3C2)CC[C@@H](NC2CCc3ccc(Cl)cc32)C1. The number of benzene rings is 2. The van der Waals surface area contributed by atoms with Crippen molar-refractivity contribution < 1.29 is 18.0 Å². The average molecular weight is 505 g/mol. The maximum Gasteiger partial charge on any atom is 0.416 e. The van der Waals surface area contributed by atoms with Crippen LogP contribution in [0.3, 0.4) is 0 Å². The van der Waals surface area contributed by atoms with E-state index in [2.05, 4.69) is 31.3 Å². The van der Waals surface area contributed by atoms with Gasteiger partial charge in [-0.05, 0) is 91.0 Å². The number of nitrogens with zero attached hydrogens (tertiary/aromatic N) is 1. The van der Waals surface area contributed by atoms with Gasteiger partial charge in [0.1, 0.15) is 0 Å². The highest BCUT2D eigenvalue weighted by Gasteiger charge is 2.50. The lowest BCUT2D eigenvalue weighted by Gasteiger charge is -2.40. The molecule has 1 N–H and O–H groups in total. The maximum atomic E-state index is 13.9. The Kier molecular flexibility index (Phi) is 6.41. The Bertz CT molecular complexity index is 1130. The monoisotopic (exact) mass is 504 g/mol. The molecule has 35 heavy (non-hydrogen) atoms. The number of hydrogen-bond acceptors (Lipinski definition) is 2. The number of hydrogen-bond donors (Lipinski definition) is 1. The molecule has 2 aromatic rings. The van der Waals surface area contributed by atoms with Crippen LogP contribution in [-0.2, 0) is 30.4 Å². The zero-order valence-electron chi connectivity index (χ0n) is 20.2. The summed E-state index contributed by atoms with van der Waals surface area (Å²) in [6.45, 7) is 5.01. The van der Waals surface area contributed by atoms with Gasteiger partial charge in [-0.1, -0.05) is 37.6 Å². The number of amides is 1. The van der Waals surface area contributed by atoms with Gasteiger partial charge < -0.3 is 10.2 Å². The van der Waals surface area contributed by atoms with Crippen LogP contribution in [0.15, 0.2) is 36.4 Å². The molecule has 0 radical (unpaired) electrons. The Morgan fingerprint density at radius 2 is 1.86 bits per heavy atom. The molecular weight excluding hydrogens is 473 g/mol. The van der Waals surface area contributed by atoms with Gasteiger partial charge in [-0.2, -0.15) is 13.2 Å². The Morgan fingerprint density at radius 3 is 2.60 bits per heavy atom. The molecule has 1 aliphatic heterocycles. The fraction of sp³-hybridized carbons (Fsp3) is 0.536. The number of nitrogens with one attached hydrogen (secondary N) is 1. The van der Waals surface area contributed by atoms with Gasteiger partial charge in [0.15, 0.2) is 0 Å². The van der Waals surface area contributed by atoms with Crippen molar-refractivity contribution in [2.24, 2.45) is 11.3 Å². The first-order chi connectivity index (χ1) is 16.6. The van der Waals surface area contributed by atoms with E-state index in [1.807, 2.05) is 6.07 Å². The minimum Gasteiger partial charge on any atom is -0.338 e. The van der Waals surface area contributed by atoms with Crippen LogP contribution < -0.4 is 5.32 Å². The van der Waals surface area contributed by atoms with Crippen molar-refractivity contribution >= 4 is 17.5 Å². The fourth-order valence-electron chi connectivity index (χ4n) is 6.44. The number of rotatable bonds is 4. The van der Waals surface area contributed by atoms with Gasteiger partial charge in [0.25, 0.3) is 0 Å². The molecule has 3 atom stereocenters. The highest BCUT2D eigenvalue weighted by atomic mass is 35.5. The van der Waals surface area contributed by atoms with Crippen LogP contribution in [-0.4, -0.2) is 23.4 Å². The Labute approximate surface area is 210 Å². The van der Waals surface area contributed by atoms with E-state index in [0.717, 1.165) is 48.8 Å². The molecule has 0 spiro atoms. The second-order valence-electron chi connectivity index (χ2n) is 10.8. The molecule has 5 rings (SSSR count). The summed E-state index contributed by atoms with van der Waals surface area (Å²) in [5.41, 5.74) is 2.98. The molecule has 7 heteroatoms. The lowest BCUT2D eigenvalue weighted by atomic mass is 9.73. The quantitative estimate of drug-likeness (QED) is 0.501. The minimum atomic E-state index is -4.38. The molecule has 0 saturated heterocycles. The minimum absolute atomic E-state index is 0.0923. The first kappa shape index (κ1) is 24.6. The molecule has 0 aromatic heterocycles. The van der Waals surface area contributed by atoms with Crippen LogP contribution >= 0.6 is 11.6 Å². The average Bonchev–Trinajstić information content (AvgIpc) is 3.42. The molecule has 3 nitrogen and oxygen atoms in total. The first-order valence-electron chi connectivity index (χ1n) is 12.6. The summed E-state index contributed by atoms with van der Waals surface area (Å²) in [4.78, 5) is 15.7. The fourth-order valence-corrected chi connectivity index (χ4v) is 6.62. The van der Waals surface area contributed by atoms with Gasteiger partial charge in [0.2, 0.25) is 5.91 Å². The van der Waals surface area contributed by atoms with Crippen LogP contribution in [0.25, 0.3) is 0 Å². The van der Waals surface area contributed by atoms with Crippen LogP contribution in [0.5, 0.6) is 0 Å². The van der Waals surface area contributed by atoms with Crippen molar-refractivity contribution in [2.45, 2.75) is 77.2 Å². The van der Waals surface area contributed by atoms with E-state index >= 15 is 0 Å². The first-order valence-corrected chi connectivity index (χ1v) is 13.0. The second kappa shape index (κ2) is 9.11. The second-order valence-corrected chi connectivity index (χ2v) is 11.2. The molecule has 1 unspecified atom stereocenters. The standard InChI is InChI=1S/C28H32ClF3N2O/c1-17(2)27(11-9-23(15-27)33-25-8-5-19-4-7-22(29)14-24(19)25)26(35)34-12-10-18-3-6-21(28(30,31)32)13-20(18)16-34/h3-4,6-7,13-14,17,23,25,33H,5,8-12,15-16H2,1-2H3/t23-,25?,27+/m1/s1. The highest BCUT2D eigenvalue weighted by Crippen LogP contribution is 2.48. The Balaban J connectivity index is 1.31. The summed E-state index contributed by atoms with van der Waals surface area (Å²) in [7, 11) is 0. The summed E-state index contributed by atoms with van der Waals surface area (Å²) in [6.07, 6.45) is 0.725. The number of fused-ring (bicyclic) bond motifs is 2. The molecule has 1 amide bonds. The van der Waals surface area contributed by atoms with Crippen molar-refractivity contribution in [3.05, 3.63) is 69.2 Å². The van der Waals surface area contributed by atoms with E-state index in [1.165, 1.54) is 17.2 Å². The molecule has 0 bridgehead atoms. The Hall–Kier alpha value is -2.05. The molecule has 188 valence electrons. The predicted molar refractivity (Wildman–Crippen MR) is 131 cm³/mol. The normalized spacial score (nSPS) is 26.2. The number of alkyl halides is 3. The van der Waals surface area contributed by atoms with Crippen LogP contribution in [0, 0.1) is 11.3 Å². The summed E-state index contributed by atoms with van der Waals surface area (Å²) >= 11 is 6.25. The van der Waals surface area contributed by atoms with Crippen LogP contribution in [0.2, 0.25) is 5.02 Å². The summed E-state index contributed by atoms with van der Waals surface area (Å²) in [6, 6.07) is 10.5. The van der Waals surface area contributed by atoms with Crippen molar-refractivity contribution in [1.82, 2.24) is 10.2 Å². The summed E-state index contributed by atoms with van der Waals surface area (Å²) in [5, 5.41) is 4.56. The van der Waals surface area contributed by atoms with Gasteiger partial charge in [-0.3, -0.25) is 4.79 Å². The molecule has 3 aliphatic rings. The molecule has 1 saturated carbocycles. The number of carbonyl (C=O) groups is 1. The largest absolute Gasteiger partial charge is 0.416 e. The van der Waals surface area contributed by atoms with Crippen LogP contribution in [0.1, 0.15) is 73.4 Å². The van der Waals surface area contributed by atoms with E-state index in [4.69, 9.17) is 11.6 Å². The van der Waals surface area contributed by atoms with Gasteiger partial charge in [-0.15, -0.1) is 0 Å². The van der Waals surface area contributed by atoms with Crippen molar-refractivity contribution in [2.75, 3.05) is 6.54 Å². The number of halogens is 4. The summed E-state index contributed by atoms with van der Waals surface area (Å²) in [5.74, 6) is 0.241. The van der Waals surface area contributed by atoms with Gasteiger partial charge in [0.05, 0.1) is 11.0 Å². The van der Waals surface area contributed by atoms with E-state index in [9.17, 15) is 18.0 Å². The van der Waals surface area contributed by atoms with Crippen molar-refractivity contribution in [3.63, 3.8) is 0 Å². The molecule has 1 heterocycles. The van der Waals surface area contributed by atoms with E-state index in [-0.39, 0.29) is 30.5 Å². The third-order valence-electron chi connectivity index (χ3n) is 8.54. The van der Waals surface area contributed by atoms with Gasteiger partial charge in [-0.25, -0.2) is 0 Å². The van der Waals surface area contributed by atoms with E-state index < -0.39 is 17.2 Å². The van der Waals surface area contributed by atoms with Crippen molar-refractivity contribution in [1.29, 1.82) is 0 Å². The number of carbonyl (C=O) groups excluding carboxylic acids is 1. The zero-order chi connectivity index (χ0) is 25.0. The van der Waals surface area contributed by atoms with Crippen molar-refractivity contribution in [3.8, 4) is 0 Å². The van der Waals surface area contributed by atoms with E-state index in [0.29, 0.717) is 18.5 Å². The maximum absolute atomic E-state index is 13.9. The molecule has 2 aliphatic carbocycles. The molecule has 2 aromatic carbocycles. The zero-order valence-corrected chi connectivity index (χ0v) is 21.0. The lowest BCUT2D eigenvalue weighted by Crippen LogP contribution is -2.48. The third kappa shape index (κ3) is 4.60. The van der Waals surface area contributed by atoms with Crippen LogP contribution in [0.4, 0.5) is 13.2 Å². The predicted octanol–water partition coefficient (Wildman–Crippen LogP) is 6.72. The smallest absolute Gasteiger partial charge is 0.338 e. The Morgan fingerprint density at radius 1 is 1.09 bits per heavy atom. The van der Waals surface area contributed by atoms with E-state index in [1.54, 1.807) is 11.0 Å². The van der Waals surface area contributed by atoms with Gasteiger partial charge in [0, 0.05) is 30.2 Å².